The lowest BCUT2D eigenvalue weighted by atomic mass is 10.1. The molecule has 27 heavy (non-hydrogen) atoms. The number of amides is 2. The molecule has 2 N–H and O–H groups in total. The second-order valence-corrected chi connectivity index (χ2v) is 5.44. The van der Waals surface area contributed by atoms with Crippen molar-refractivity contribution in [3.8, 4) is 5.75 Å². The zero-order valence-electron chi connectivity index (χ0n) is 14.4. The van der Waals surface area contributed by atoms with E-state index < -0.39 is 30.1 Å². The van der Waals surface area contributed by atoms with E-state index in [9.17, 15) is 22.4 Å². The molecule has 146 valence electrons. The molecule has 5 nitrogen and oxygen atoms in total. The predicted molar refractivity (Wildman–Crippen MR) is 91.1 cm³/mol. The highest BCUT2D eigenvalue weighted by atomic mass is 19.4. The molecule has 0 unspecified atom stereocenters. The minimum Gasteiger partial charge on any atom is -0.489 e. The van der Waals surface area contributed by atoms with Crippen LogP contribution in [0.25, 0.3) is 0 Å². The Labute approximate surface area is 153 Å². The quantitative estimate of drug-likeness (QED) is 0.554. The van der Waals surface area contributed by atoms with Crippen LogP contribution in [0.5, 0.6) is 5.75 Å². The molecule has 0 radical (unpaired) electrons. The lowest BCUT2D eigenvalue weighted by molar-refractivity contribution is -0.138. The molecule has 0 atom stereocenters. The molecule has 0 saturated heterocycles. The number of rotatable bonds is 7. The summed E-state index contributed by atoms with van der Waals surface area (Å²) in [6.07, 6.45) is -4.72. The van der Waals surface area contributed by atoms with E-state index in [1.807, 2.05) is 0 Å². The van der Waals surface area contributed by atoms with Crippen molar-refractivity contribution in [3.05, 3.63) is 59.4 Å². The molecule has 0 fully saturated rings. The van der Waals surface area contributed by atoms with Crippen LogP contribution in [-0.4, -0.2) is 26.4 Å². The van der Waals surface area contributed by atoms with Crippen LogP contribution in [0.4, 0.5) is 28.0 Å². The summed E-state index contributed by atoms with van der Waals surface area (Å²) in [5.41, 5.74) is -1.03. The Morgan fingerprint density at radius 2 is 1.85 bits per heavy atom. The molecule has 0 aliphatic rings. The van der Waals surface area contributed by atoms with Crippen LogP contribution in [0.3, 0.4) is 0 Å². The van der Waals surface area contributed by atoms with Crippen LogP contribution >= 0.6 is 0 Å². The number of para-hydroxylation sites is 2. The summed E-state index contributed by atoms with van der Waals surface area (Å²) in [6, 6.07) is 8.15. The zero-order valence-corrected chi connectivity index (χ0v) is 14.4. The zero-order chi connectivity index (χ0) is 19.9. The SMILES string of the molecule is COCCOc1ccccc1NC(=O)NCc1ccc(F)cc1C(F)(F)F. The number of urea groups is 1. The molecule has 0 aliphatic heterocycles. The highest BCUT2D eigenvalue weighted by Crippen LogP contribution is 2.32. The van der Waals surface area contributed by atoms with Crippen molar-refractivity contribution in [2.75, 3.05) is 25.6 Å². The molecule has 2 aromatic rings. The van der Waals surface area contributed by atoms with Crippen LogP contribution in [0, 0.1) is 5.82 Å². The summed E-state index contributed by atoms with van der Waals surface area (Å²) in [5.74, 6) is -0.611. The first-order valence-electron chi connectivity index (χ1n) is 7.92. The number of hydrogen-bond acceptors (Lipinski definition) is 3. The van der Waals surface area contributed by atoms with E-state index in [0.29, 0.717) is 24.1 Å². The maximum absolute atomic E-state index is 13.1. The number of ether oxygens (including phenoxy) is 2. The van der Waals surface area contributed by atoms with Crippen molar-refractivity contribution >= 4 is 11.7 Å². The van der Waals surface area contributed by atoms with Gasteiger partial charge in [0.2, 0.25) is 0 Å². The first-order valence-corrected chi connectivity index (χ1v) is 7.92. The fraction of sp³-hybridized carbons (Fsp3) is 0.278. The van der Waals surface area contributed by atoms with Gasteiger partial charge in [-0.2, -0.15) is 13.2 Å². The van der Waals surface area contributed by atoms with Crippen molar-refractivity contribution in [1.29, 1.82) is 0 Å². The molecule has 0 heterocycles. The Morgan fingerprint density at radius 1 is 1.11 bits per heavy atom. The molecule has 2 amide bonds. The Kier molecular flexibility index (Phi) is 7.00. The molecule has 2 aromatic carbocycles. The van der Waals surface area contributed by atoms with Crippen LogP contribution in [0.15, 0.2) is 42.5 Å². The van der Waals surface area contributed by atoms with Gasteiger partial charge in [0, 0.05) is 13.7 Å². The molecule has 9 heteroatoms. The molecule has 0 aliphatic carbocycles. The van der Waals surface area contributed by atoms with Gasteiger partial charge in [-0.05, 0) is 29.8 Å². The monoisotopic (exact) mass is 386 g/mol. The topological polar surface area (TPSA) is 59.6 Å². The second kappa shape index (κ2) is 9.22. The number of halogens is 4. The van der Waals surface area contributed by atoms with Gasteiger partial charge in [0.15, 0.2) is 0 Å². The number of methoxy groups -OCH3 is 1. The average molecular weight is 386 g/mol. The molecule has 2 rings (SSSR count). The fourth-order valence-corrected chi connectivity index (χ4v) is 2.24. The molecule has 0 aromatic heterocycles. The highest BCUT2D eigenvalue weighted by Gasteiger charge is 2.33. The summed E-state index contributed by atoms with van der Waals surface area (Å²) in [6.45, 7) is 0.195. The molecule has 0 saturated carbocycles. The van der Waals surface area contributed by atoms with Gasteiger partial charge in [-0.1, -0.05) is 18.2 Å². The highest BCUT2D eigenvalue weighted by molar-refractivity contribution is 5.90. The largest absolute Gasteiger partial charge is 0.489 e. The Morgan fingerprint density at radius 3 is 2.56 bits per heavy atom. The third-order valence-electron chi connectivity index (χ3n) is 3.50. The first-order chi connectivity index (χ1) is 12.8. The minimum atomic E-state index is -4.72. The number of benzene rings is 2. The van der Waals surface area contributed by atoms with Crippen molar-refractivity contribution in [2.24, 2.45) is 0 Å². The average Bonchev–Trinajstić information content (AvgIpc) is 2.61. The number of carbonyl (C=O) groups is 1. The number of carbonyl (C=O) groups excluding carboxylic acids is 1. The summed E-state index contributed by atoms with van der Waals surface area (Å²) in [5, 5.41) is 4.83. The lowest BCUT2D eigenvalue weighted by Crippen LogP contribution is -2.29. The van der Waals surface area contributed by atoms with Gasteiger partial charge >= 0.3 is 12.2 Å². The predicted octanol–water partition coefficient (Wildman–Crippen LogP) is 4.19. The van der Waals surface area contributed by atoms with E-state index in [0.717, 1.165) is 12.1 Å². The van der Waals surface area contributed by atoms with Crippen LogP contribution in [0.1, 0.15) is 11.1 Å². The maximum atomic E-state index is 13.1. The van der Waals surface area contributed by atoms with Crippen LogP contribution in [-0.2, 0) is 17.5 Å². The van der Waals surface area contributed by atoms with E-state index in [2.05, 4.69) is 10.6 Å². The second-order valence-electron chi connectivity index (χ2n) is 5.44. The Hall–Kier alpha value is -2.81. The maximum Gasteiger partial charge on any atom is 0.416 e. The Balaban J connectivity index is 2.02. The molecule has 0 spiro atoms. The normalized spacial score (nSPS) is 11.1. The number of hydrogen-bond donors (Lipinski definition) is 2. The van der Waals surface area contributed by atoms with E-state index in [4.69, 9.17) is 9.47 Å². The fourth-order valence-electron chi connectivity index (χ4n) is 2.24. The third kappa shape index (κ3) is 6.14. The standard InChI is InChI=1S/C18H18F4N2O3/c1-26-8-9-27-16-5-3-2-4-15(16)24-17(25)23-11-12-6-7-13(19)10-14(12)18(20,21)22/h2-7,10H,8-9,11H2,1H3,(H2,23,24,25). The summed E-state index contributed by atoms with van der Waals surface area (Å²) in [7, 11) is 1.52. The van der Waals surface area contributed by atoms with E-state index in [1.165, 1.54) is 7.11 Å². The van der Waals surface area contributed by atoms with Gasteiger partial charge in [-0.3, -0.25) is 0 Å². The van der Waals surface area contributed by atoms with E-state index in [1.54, 1.807) is 24.3 Å². The third-order valence-corrected chi connectivity index (χ3v) is 3.50. The van der Waals surface area contributed by atoms with Crippen molar-refractivity contribution < 1.29 is 31.8 Å². The van der Waals surface area contributed by atoms with Gasteiger partial charge < -0.3 is 20.1 Å². The summed E-state index contributed by atoms with van der Waals surface area (Å²) >= 11 is 0. The van der Waals surface area contributed by atoms with Gasteiger partial charge in [-0.15, -0.1) is 0 Å². The van der Waals surface area contributed by atoms with E-state index >= 15 is 0 Å². The van der Waals surface area contributed by atoms with Gasteiger partial charge in [0.25, 0.3) is 0 Å². The van der Waals surface area contributed by atoms with Crippen LogP contribution in [0.2, 0.25) is 0 Å². The van der Waals surface area contributed by atoms with Gasteiger partial charge in [0.1, 0.15) is 18.2 Å². The van der Waals surface area contributed by atoms with Gasteiger partial charge in [0.05, 0.1) is 17.9 Å². The molecular formula is C18H18F4N2O3. The van der Waals surface area contributed by atoms with Crippen molar-refractivity contribution in [1.82, 2.24) is 5.32 Å². The molecule has 0 bridgehead atoms. The van der Waals surface area contributed by atoms with Gasteiger partial charge in [-0.25, -0.2) is 9.18 Å². The minimum absolute atomic E-state index is 0.247. The van der Waals surface area contributed by atoms with Crippen LogP contribution < -0.4 is 15.4 Å². The Bertz CT molecular complexity index is 781. The number of alkyl halides is 3. The summed E-state index contributed by atoms with van der Waals surface area (Å²) in [4.78, 5) is 12.0. The van der Waals surface area contributed by atoms with E-state index in [-0.39, 0.29) is 12.2 Å². The van der Waals surface area contributed by atoms with Crippen molar-refractivity contribution in [3.63, 3.8) is 0 Å². The lowest BCUT2D eigenvalue weighted by Gasteiger charge is -2.15. The smallest absolute Gasteiger partial charge is 0.416 e. The van der Waals surface area contributed by atoms with Crippen molar-refractivity contribution in [2.45, 2.75) is 12.7 Å². The first kappa shape index (κ1) is 20.5. The number of nitrogens with one attached hydrogen (secondary N) is 2. The number of anilines is 1. The molecular weight excluding hydrogens is 368 g/mol. The summed E-state index contributed by atoms with van der Waals surface area (Å²) < 4.78 is 62.4.